The Hall–Kier alpha value is -2.68. The summed E-state index contributed by atoms with van der Waals surface area (Å²) in [7, 11) is 0. The van der Waals surface area contributed by atoms with E-state index >= 15 is 0 Å². The fourth-order valence-corrected chi connectivity index (χ4v) is 2.80. The normalized spacial score (nSPS) is 13.8. The minimum Gasteiger partial charge on any atom is -0.274 e. The van der Waals surface area contributed by atoms with Gasteiger partial charge in [0, 0.05) is 11.6 Å². The summed E-state index contributed by atoms with van der Waals surface area (Å²) in [5, 5.41) is 2.24. The second-order valence-electron chi connectivity index (χ2n) is 4.89. The number of carbonyl (C=O) groups excluding carboxylic acids is 1. The number of pyridine rings is 1. The summed E-state index contributed by atoms with van der Waals surface area (Å²) in [6.45, 7) is 0. The van der Waals surface area contributed by atoms with Crippen molar-refractivity contribution in [2.24, 2.45) is 0 Å². The number of nitrogens with zero attached hydrogens (tertiary/aromatic N) is 2. The molecule has 1 aromatic heterocycles. The summed E-state index contributed by atoms with van der Waals surface area (Å²) in [4.78, 5) is 18.4. The molecule has 0 unspecified atom stereocenters. The van der Waals surface area contributed by atoms with Gasteiger partial charge in [0.2, 0.25) is 5.91 Å². The smallest absolute Gasteiger partial charge is 0.237 e. The van der Waals surface area contributed by atoms with Crippen molar-refractivity contribution in [3.63, 3.8) is 0 Å². The molecule has 0 N–H and O–H groups in total. The molecule has 1 aliphatic heterocycles. The van der Waals surface area contributed by atoms with E-state index in [0.717, 1.165) is 22.0 Å². The lowest BCUT2D eigenvalue weighted by Crippen LogP contribution is -2.21. The molecule has 0 fully saturated rings. The molecule has 4 rings (SSSR count). The molecule has 2 aromatic carbocycles. The molecule has 0 atom stereocenters. The molecule has 3 heteroatoms. The van der Waals surface area contributed by atoms with E-state index in [0.29, 0.717) is 12.2 Å². The lowest BCUT2D eigenvalue weighted by atomic mass is 10.0. The predicted molar refractivity (Wildman–Crippen MR) is 79.0 cm³/mol. The third kappa shape index (κ3) is 1.53. The Morgan fingerprint density at radius 2 is 1.80 bits per heavy atom. The van der Waals surface area contributed by atoms with Crippen molar-refractivity contribution in [1.29, 1.82) is 0 Å². The highest BCUT2D eigenvalue weighted by Gasteiger charge is 2.30. The molecule has 3 nitrogen and oxygen atoms in total. The van der Waals surface area contributed by atoms with Gasteiger partial charge in [0.1, 0.15) is 5.82 Å². The maximum Gasteiger partial charge on any atom is 0.237 e. The molecule has 0 spiro atoms. The zero-order valence-electron chi connectivity index (χ0n) is 10.8. The van der Waals surface area contributed by atoms with E-state index in [-0.39, 0.29) is 5.91 Å². The quantitative estimate of drug-likeness (QED) is 0.671. The van der Waals surface area contributed by atoms with E-state index in [1.165, 1.54) is 0 Å². The number of hydrogen-bond donors (Lipinski definition) is 0. The number of hydrogen-bond acceptors (Lipinski definition) is 2. The Labute approximate surface area is 116 Å². The topological polar surface area (TPSA) is 33.2 Å². The second kappa shape index (κ2) is 4.17. The van der Waals surface area contributed by atoms with Crippen LogP contribution in [0.5, 0.6) is 0 Å². The van der Waals surface area contributed by atoms with Crippen LogP contribution in [-0.2, 0) is 11.2 Å². The first-order valence-corrected chi connectivity index (χ1v) is 6.59. The standard InChI is InChI=1S/C17H12N2O/c20-16-11-13-9-8-12-5-1-2-6-14(12)17(13)19(16)15-7-3-4-10-18-15/h1-10H,11H2. The summed E-state index contributed by atoms with van der Waals surface area (Å²) in [6.07, 6.45) is 2.16. The number of aromatic nitrogens is 1. The van der Waals surface area contributed by atoms with Crippen LogP contribution in [0.15, 0.2) is 60.8 Å². The maximum absolute atomic E-state index is 12.4. The fourth-order valence-electron chi connectivity index (χ4n) is 2.80. The van der Waals surface area contributed by atoms with Crippen molar-refractivity contribution in [3.8, 4) is 0 Å². The highest BCUT2D eigenvalue weighted by atomic mass is 16.2. The van der Waals surface area contributed by atoms with Crippen molar-refractivity contribution in [1.82, 2.24) is 4.98 Å². The molecule has 0 bridgehead atoms. The Balaban J connectivity index is 2.02. The van der Waals surface area contributed by atoms with Gasteiger partial charge in [-0.2, -0.15) is 0 Å². The lowest BCUT2D eigenvalue weighted by Gasteiger charge is -2.18. The lowest BCUT2D eigenvalue weighted by molar-refractivity contribution is -0.116. The number of anilines is 2. The monoisotopic (exact) mass is 260 g/mol. The largest absolute Gasteiger partial charge is 0.274 e. The van der Waals surface area contributed by atoms with Gasteiger partial charge >= 0.3 is 0 Å². The summed E-state index contributed by atoms with van der Waals surface area (Å²) in [5.41, 5.74) is 2.05. The van der Waals surface area contributed by atoms with E-state index in [2.05, 4.69) is 23.2 Å². The van der Waals surface area contributed by atoms with Crippen molar-refractivity contribution in [3.05, 3.63) is 66.4 Å². The third-order valence-electron chi connectivity index (χ3n) is 3.68. The summed E-state index contributed by atoms with van der Waals surface area (Å²) in [5.74, 6) is 0.766. The van der Waals surface area contributed by atoms with E-state index in [1.807, 2.05) is 36.4 Å². The maximum atomic E-state index is 12.4. The molecule has 0 saturated heterocycles. The molecule has 20 heavy (non-hydrogen) atoms. The number of fused-ring (bicyclic) bond motifs is 3. The van der Waals surface area contributed by atoms with Crippen LogP contribution < -0.4 is 4.90 Å². The van der Waals surface area contributed by atoms with Crippen LogP contribution >= 0.6 is 0 Å². The number of benzene rings is 2. The van der Waals surface area contributed by atoms with Crippen molar-refractivity contribution < 1.29 is 4.79 Å². The Kier molecular flexibility index (Phi) is 2.33. The van der Waals surface area contributed by atoms with Crippen LogP contribution in [0.4, 0.5) is 11.5 Å². The van der Waals surface area contributed by atoms with Crippen molar-refractivity contribution in [2.45, 2.75) is 6.42 Å². The van der Waals surface area contributed by atoms with Crippen LogP contribution in [0.25, 0.3) is 10.8 Å². The zero-order valence-corrected chi connectivity index (χ0v) is 10.8. The highest BCUT2D eigenvalue weighted by molar-refractivity contribution is 6.14. The molecule has 0 aliphatic carbocycles. The SMILES string of the molecule is O=C1Cc2ccc3ccccc3c2N1c1ccccn1. The van der Waals surface area contributed by atoms with Gasteiger partial charge < -0.3 is 0 Å². The number of carbonyl (C=O) groups is 1. The highest BCUT2D eigenvalue weighted by Crippen LogP contribution is 2.39. The molecule has 96 valence electrons. The van der Waals surface area contributed by atoms with E-state index in [4.69, 9.17) is 0 Å². The minimum atomic E-state index is 0.0788. The van der Waals surface area contributed by atoms with Gasteiger partial charge in [-0.1, -0.05) is 42.5 Å². The first kappa shape index (κ1) is 11.2. The van der Waals surface area contributed by atoms with Gasteiger partial charge in [-0.3, -0.25) is 9.69 Å². The van der Waals surface area contributed by atoms with Gasteiger partial charge in [0.05, 0.1) is 12.1 Å². The van der Waals surface area contributed by atoms with Crippen LogP contribution in [0, 0.1) is 0 Å². The zero-order chi connectivity index (χ0) is 13.5. The summed E-state index contributed by atoms with van der Waals surface area (Å²) >= 11 is 0. The van der Waals surface area contributed by atoms with Crippen LogP contribution in [0.1, 0.15) is 5.56 Å². The van der Waals surface area contributed by atoms with E-state index < -0.39 is 0 Å². The first-order chi connectivity index (χ1) is 9.84. The van der Waals surface area contributed by atoms with Crippen LogP contribution in [-0.4, -0.2) is 10.9 Å². The summed E-state index contributed by atoms with van der Waals surface area (Å²) < 4.78 is 0. The van der Waals surface area contributed by atoms with Crippen molar-refractivity contribution >= 4 is 28.2 Å². The molecule has 2 heterocycles. The number of rotatable bonds is 1. The number of amides is 1. The first-order valence-electron chi connectivity index (χ1n) is 6.59. The average molecular weight is 260 g/mol. The average Bonchev–Trinajstić information content (AvgIpc) is 2.84. The molecular weight excluding hydrogens is 248 g/mol. The van der Waals surface area contributed by atoms with Gasteiger partial charge in [-0.15, -0.1) is 0 Å². The molecule has 0 saturated carbocycles. The third-order valence-corrected chi connectivity index (χ3v) is 3.68. The molecule has 0 radical (unpaired) electrons. The Bertz CT molecular complexity index is 812. The Morgan fingerprint density at radius 3 is 2.65 bits per heavy atom. The van der Waals surface area contributed by atoms with Crippen molar-refractivity contribution in [2.75, 3.05) is 4.90 Å². The molecular formula is C17H12N2O. The van der Waals surface area contributed by atoms with Gasteiger partial charge in [-0.05, 0) is 23.1 Å². The van der Waals surface area contributed by atoms with E-state index in [9.17, 15) is 4.79 Å². The van der Waals surface area contributed by atoms with Crippen LogP contribution in [0.2, 0.25) is 0 Å². The fraction of sp³-hybridized carbons (Fsp3) is 0.0588. The van der Waals surface area contributed by atoms with E-state index in [1.54, 1.807) is 11.1 Å². The molecule has 1 aliphatic rings. The minimum absolute atomic E-state index is 0.0788. The summed E-state index contributed by atoms with van der Waals surface area (Å²) in [6, 6.07) is 17.9. The van der Waals surface area contributed by atoms with Gasteiger partial charge in [0.25, 0.3) is 0 Å². The molecule has 1 amide bonds. The second-order valence-corrected chi connectivity index (χ2v) is 4.89. The van der Waals surface area contributed by atoms with Crippen LogP contribution in [0.3, 0.4) is 0 Å². The van der Waals surface area contributed by atoms with Gasteiger partial charge in [-0.25, -0.2) is 4.98 Å². The molecule has 3 aromatic rings. The predicted octanol–water partition coefficient (Wildman–Crippen LogP) is 3.46. The van der Waals surface area contributed by atoms with Gasteiger partial charge in [0.15, 0.2) is 0 Å². The Morgan fingerprint density at radius 1 is 0.950 bits per heavy atom.